The van der Waals surface area contributed by atoms with Crippen LogP contribution in [0, 0.1) is 58.7 Å². The van der Waals surface area contributed by atoms with Crippen molar-refractivity contribution < 1.29 is 9.90 Å². The summed E-state index contributed by atoms with van der Waals surface area (Å²) in [6, 6.07) is 7.94. The average molecular weight is 415 g/mol. The summed E-state index contributed by atoms with van der Waals surface area (Å²) >= 11 is 0. The van der Waals surface area contributed by atoms with E-state index in [1.54, 1.807) is 0 Å². The third-order valence-electron chi connectivity index (χ3n) is 10.5. The van der Waals surface area contributed by atoms with Gasteiger partial charge in [0.25, 0.3) is 0 Å². The molecule has 8 bridgehead atoms. The van der Waals surface area contributed by atoms with E-state index in [-0.39, 0.29) is 5.41 Å². The molecule has 8 aliphatic rings. The third kappa shape index (κ3) is 2.81. The van der Waals surface area contributed by atoms with E-state index < -0.39 is 5.97 Å². The van der Waals surface area contributed by atoms with Crippen LogP contribution in [0.15, 0.2) is 24.3 Å². The highest BCUT2D eigenvalue weighted by molar-refractivity contribution is 5.87. The highest BCUT2D eigenvalue weighted by Crippen LogP contribution is 2.64. The second kappa shape index (κ2) is 6.40. The molecule has 9 rings (SSSR count). The van der Waals surface area contributed by atoms with Crippen LogP contribution in [0.3, 0.4) is 0 Å². The van der Waals surface area contributed by atoms with Gasteiger partial charge in [0.1, 0.15) is 0 Å². The van der Waals surface area contributed by atoms with Gasteiger partial charge in [0.05, 0.1) is 5.56 Å². The van der Waals surface area contributed by atoms with Crippen molar-refractivity contribution in [2.24, 2.45) is 46.8 Å². The van der Waals surface area contributed by atoms with Crippen LogP contribution in [0.4, 0.5) is 0 Å². The smallest absolute Gasteiger partial charge is 0.335 e. The third-order valence-corrected chi connectivity index (χ3v) is 10.5. The fraction of sp³-hybridized carbons (Fsp3) is 0.690. The van der Waals surface area contributed by atoms with Gasteiger partial charge in [-0.15, -0.1) is 0 Å². The van der Waals surface area contributed by atoms with Gasteiger partial charge in [0, 0.05) is 16.7 Å². The zero-order valence-electron chi connectivity index (χ0n) is 18.5. The van der Waals surface area contributed by atoms with E-state index >= 15 is 0 Å². The van der Waals surface area contributed by atoms with E-state index in [0.29, 0.717) is 16.9 Å². The van der Waals surface area contributed by atoms with Gasteiger partial charge in [-0.1, -0.05) is 24.0 Å². The largest absolute Gasteiger partial charge is 0.478 e. The molecule has 8 saturated carbocycles. The van der Waals surface area contributed by atoms with Crippen LogP contribution in [0.5, 0.6) is 0 Å². The Bertz CT molecular complexity index is 927. The molecule has 0 radical (unpaired) electrons. The number of aromatic carboxylic acids is 1. The molecule has 0 amide bonds. The molecule has 0 aliphatic heterocycles. The zero-order chi connectivity index (χ0) is 20.8. The van der Waals surface area contributed by atoms with E-state index in [9.17, 15) is 9.90 Å². The summed E-state index contributed by atoms with van der Waals surface area (Å²) in [7, 11) is 0. The highest BCUT2D eigenvalue weighted by Gasteiger charge is 2.57. The molecular weight excluding hydrogens is 380 g/mol. The van der Waals surface area contributed by atoms with E-state index in [1.807, 2.05) is 12.1 Å². The van der Waals surface area contributed by atoms with E-state index in [0.717, 1.165) is 35.5 Å². The zero-order valence-corrected chi connectivity index (χ0v) is 18.5. The van der Waals surface area contributed by atoms with Crippen LogP contribution in [-0.4, -0.2) is 11.1 Å². The topological polar surface area (TPSA) is 37.3 Å². The van der Waals surface area contributed by atoms with Gasteiger partial charge < -0.3 is 5.11 Å². The number of hydrogen-bond donors (Lipinski definition) is 1. The van der Waals surface area contributed by atoms with Gasteiger partial charge in [-0.2, -0.15) is 0 Å². The van der Waals surface area contributed by atoms with Crippen molar-refractivity contribution >= 4 is 5.97 Å². The van der Waals surface area contributed by atoms with Crippen LogP contribution in [-0.2, 0) is 5.41 Å². The van der Waals surface area contributed by atoms with Crippen LogP contribution in [0.25, 0.3) is 0 Å². The minimum Gasteiger partial charge on any atom is -0.478 e. The minimum atomic E-state index is -0.824. The van der Waals surface area contributed by atoms with Crippen molar-refractivity contribution in [3.63, 3.8) is 0 Å². The number of carboxylic acid groups (broad SMARTS) is 1. The quantitative estimate of drug-likeness (QED) is 0.577. The molecule has 0 aromatic heterocycles. The fourth-order valence-electron chi connectivity index (χ4n) is 10.2. The summed E-state index contributed by atoms with van der Waals surface area (Å²) in [6.07, 6.45) is 15.3. The molecule has 3 unspecified atom stereocenters. The molecule has 0 heterocycles. The Hall–Kier alpha value is -1.75. The maximum absolute atomic E-state index is 11.4. The van der Waals surface area contributed by atoms with E-state index in [4.69, 9.17) is 0 Å². The Morgan fingerprint density at radius 3 is 1.81 bits per heavy atom. The maximum atomic E-state index is 11.4. The normalized spacial score (nSPS) is 48.5. The number of carbonyl (C=O) groups is 1. The summed E-state index contributed by atoms with van der Waals surface area (Å²) in [5.41, 5.74) is 2.28. The summed E-state index contributed by atoms with van der Waals surface area (Å²) < 4.78 is 0. The Morgan fingerprint density at radius 2 is 1.29 bits per heavy atom. The molecule has 1 aromatic carbocycles. The molecule has 31 heavy (non-hydrogen) atoms. The highest BCUT2D eigenvalue weighted by atomic mass is 16.4. The van der Waals surface area contributed by atoms with Gasteiger partial charge in [0.15, 0.2) is 0 Å². The van der Waals surface area contributed by atoms with Crippen LogP contribution in [0.1, 0.15) is 86.6 Å². The lowest BCUT2D eigenvalue weighted by Gasteiger charge is -2.60. The number of hydrogen-bond acceptors (Lipinski definition) is 1. The number of benzene rings is 1. The molecule has 1 aromatic rings. The van der Waals surface area contributed by atoms with Crippen molar-refractivity contribution in [1.29, 1.82) is 0 Å². The van der Waals surface area contributed by atoms with Gasteiger partial charge in [-0.25, -0.2) is 4.79 Å². The molecule has 162 valence electrons. The standard InChI is InChI=1S/C29H34O2/c30-27(31)23-1-3-25(4-2-23)29-16-21-10-22(17-29)12-24(11-21)26(29)5-6-28-13-18-7-19(14-28)9-20(8-18)15-28/h1-4,18-22,24,26H,7-17H2,(H,30,31). The molecule has 3 atom stereocenters. The molecule has 2 nitrogen and oxygen atoms in total. The minimum absolute atomic E-state index is 0.168. The van der Waals surface area contributed by atoms with Crippen molar-refractivity contribution in [3.8, 4) is 11.8 Å². The summed E-state index contributed by atoms with van der Waals surface area (Å²) in [5.74, 6) is 13.1. The lowest BCUT2D eigenvalue weighted by Crippen LogP contribution is -2.55. The first-order chi connectivity index (χ1) is 15.0. The SMILES string of the molecule is O=C(O)c1ccc(C23CC4CC(CC(C4)C2C#CC24CC5CC(CC(C5)C2)C4)C3)cc1. The molecule has 0 saturated heterocycles. The molecule has 8 aliphatic carbocycles. The molecule has 8 fully saturated rings. The molecule has 1 N–H and O–H groups in total. The van der Waals surface area contributed by atoms with Gasteiger partial charge in [-0.05, 0) is 124 Å². The first-order valence-corrected chi connectivity index (χ1v) is 12.9. The lowest BCUT2D eigenvalue weighted by atomic mass is 9.43. The van der Waals surface area contributed by atoms with E-state index in [2.05, 4.69) is 24.0 Å². The second-order valence-electron chi connectivity index (χ2n) is 12.6. The average Bonchev–Trinajstić information content (AvgIpc) is 2.72. The van der Waals surface area contributed by atoms with Gasteiger partial charge in [0.2, 0.25) is 0 Å². The first-order valence-electron chi connectivity index (χ1n) is 12.9. The summed E-state index contributed by atoms with van der Waals surface area (Å²) in [6.45, 7) is 0. The second-order valence-corrected chi connectivity index (χ2v) is 12.6. The molecular formula is C29H34O2. The van der Waals surface area contributed by atoms with E-state index in [1.165, 1.54) is 76.2 Å². The van der Waals surface area contributed by atoms with Crippen molar-refractivity contribution in [2.45, 2.75) is 76.0 Å². The van der Waals surface area contributed by atoms with Crippen molar-refractivity contribution in [1.82, 2.24) is 0 Å². The number of rotatable bonds is 2. The Morgan fingerprint density at radius 1 is 0.774 bits per heavy atom. The van der Waals surface area contributed by atoms with Crippen molar-refractivity contribution in [2.75, 3.05) is 0 Å². The summed E-state index contributed by atoms with van der Waals surface area (Å²) in [5, 5.41) is 9.38. The van der Waals surface area contributed by atoms with Crippen molar-refractivity contribution in [3.05, 3.63) is 35.4 Å². The maximum Gasteiger partial charge on any atom is 0.335 e. The van der Waals surface area contributed by atoms with Crippen LogP contribution >= 0.6 is 0 Å². The predicted molar refractivity (Wildman–Crippen MR) is 121 cm³/mol. The monoisotopic (exact) mass is 414 g/mol. The van der Waals surface area contributed by atoms with Gasteiger partial charge in [-0.3, -0.25) is 0 Å². The predicted octanol–water partition coefficient (Wildman–Crippen LogP) is 6.30. The fourth-order valence-corrected chi connectivity index (χ4v) is 10.2. The van der Waals surface area contributed by atoms with Gasteiger partial charge >= 0.3 is 5.97 Å². The molecule has 2 heteroatoms. The summed E-state index contributed by atoms with van der Waals surface area (Å²) in [4.78, 5) is 11.4. The number of carboxylic acids is 1. The first kappa shape index (κ1) is 18.8. The van der Waals surface area contributed by atoms with Crippen LogP contribution in [0.2, 0.25) is 0 Å². The lowest BCUT2D eigenvalue weighted by molar-refractivity contribution is -0.0391. The Balaban J connectivity index is 1.27. The Kier molecular flexibility index (Phi) is 3.88. The molecule has 0 spiro atoms. The van der Waals surface area contributed by atoms with Crippen LogP contribution < -0.4 is 0 Å². The Labute approximate surface area is 186 Å².